The number of amides is 1. The minimum absolute atomic E-state index is 0.144. The number of benzene rings is 2. The van der Waals surface area contributed by atoms with Gasteiger partial charge in [-0.3, -0.25) is 9.69 Å². The Morgan fingerprint density at radius 3 is 2.38 bits per heavy atom. The number of para-hydroxylation sites is 1. The van der Waals surface area contributed by atoms with Crippen molar-refractivity contribution in [2.45, 2.75) is 19.9 Å². The van der Waals surface area contributed by atoms with Crippen LogP contribution in [0.2, 0.25) is 0 Å². The molecule has 154 valence electrons. The van der Waals surface area contributed by atoms with Gasteiger partial charge in [-0.05, 0) is 24.6 Å². The van der Waals surface area contributed by atoms with Gasteiger partial charge in [0.1, 0.15) is 0 Å². The van der Waals surface area contributed by atoms with Gasteiger partial charge in [0.05, 0.1) is 12.2 Å². The lowest BCUT2D eigenvalue weighted by Gasteiger charge is -2.34. The highest BCUT2D eigenvalue weighted by Crippen LogP contribution is 2.16. The highest BCUT2D eigenvalue weighted by atomic mass is 16.5. The summed E-state index contributed by atoms with van der Waals surface area (Å²) in [6.45, 7) is 6.82. The van der Waals surface area contributed by atoms with Crippen LogP contribution in [0.5, 0.6) is 0 Å². The molecule has 0 bridgehead atoms. The Balaban J connectivity index is 1.42. The summed E-state index contributed by atoms with van der Waals surface area (Å²) in [6, 6.07) is 17.6. The number of nitrogens with one attached hydrogen (secondary N) is 1. The summed E-state index contributed by atoms with van der Waals surface area (Å²) in [4.78, 5) is 28.9. The largest absolute Gasteiger partial charge is 0.462 e. The van der Waals surface area contributed by atoms with E-state index in [-0.39, 0.29) is 11.9 Å². The summed E-state index contributed by atoms with van der Waals surface area (Å²) >= 11 is 0. The molecule has 0 spiro atoms. The number of hydrogen-bond donors (Lipinski definition) is 1. The van der Waals surface area contributed by atoms with Gasteiger partial charge in [-0.15, -0.1) is 0 Å². The number of carbonyl (C=O) groups is 2. The van der Waals surface area contributed by atoms with E-state index in [0.29, 0.717) is 30.8 Å². The molecule has 1 fully saturated rings. The first-order chi connectivity index (χ1) is 14.2. The summed E-state index contributed by atoms with van der Waals surface area (Å²) in [5.41, 5.74) is 2.50. The minimum Gasteiger partial charge on any atom is -0.462 e. The fourth-order valence-electron chi connectivity index (χ4n) is 3.48. The van der Waals surface area contributed by atoms with Gasteiger partial charge < -0.3 is 15.0 Å². The smallest absolute Gasteiger partial charge is 0.340 e. The molecule has 1 aliphatic rings. The van der Waals surface area contributed by atoms with Crippen molar-refractivity contribution in [2.75, 3.05) is 44.6 Å². The molecule has 3 rings (SSSR count). The molecule has 0 atom stereocenters. The number of esters is 1. The normalized spacial score (nSPS) is 14.4. The fourth-order valence-corrected chi connectivity index (χ4v) is 3.48. The van der Waals surface area contributed by atoms with E-state index in [9.17, 15) is 9.59 Å². The molecule has 2 aromatic rings. The lowest BCUT2D eigenvalue weighted by Crippen LogP contribution is -2.48. The molecule has 0 aromatic heterocycles. The predicted molar refractivity (Wildman–Crippen MR) is 114 cm³/mol. The van der Waals surface area contributed by atoms with Gasteiger partial charge in [0, 0.05) is 51.4 Å². The van der Waals surface area contributed by atoms with Crippen molar-refractivity contribution in [1.29, 1.82) is 0 Å². The molecule has 6 heteroatoms. The molecule has 6 nitrogen and oxygen atoms in total. The molecule has 1 N–H and O–H groups in total. The zero-order chi connectivity index (χ0) is 20.5. The van der Waals surface area contributed by atoms with Crippen molar-refractivity contribution >= 4 is 17.6 Å². The minimum atomic E-state index is -0.350. The van der Waals surface area contributed by atoms with Crippen LogP contribution >= 0.6 is 0 Å². The first kappa shape index (κ1) is 20.9. The molecule has 1 amide bonds. The SMILES string of the molecule is CCOC(=O)c1ccccc1NCCC(=O)N1CCN(Cc2ccccc2)CC1. The molecular formula is C23H29N3O3. The summed E-state index contributed by atoms with van der Waals surface area (Å²) in [6.07, 6.45) is 0.399. The molecule has 0 saturated carbocycles. The molecule has 1 saturated heterocycles. The quantitative estimate of drug-likeness (QED) is 0.696. The number of rotatable bonds is 8. The van der Waals surface area contributed by atoms with Gasteiger partial charge in [-0.1, -0.05) is 42.5 Å². The Kier molecular flexibility index (Phi) is 7.64. The Labute approximate surface area is 172 Å². The zero-order valence-corrected chi connectivity index (χ0v) is 17.0. The van der Waals surface area contributed by atoms with Crippen LogP contribution in [0.1, 0.15) is 29.3 Å². The maximum Gasteiger partial charge on any atom is 0.340 e. The second-order valence-electron chi connectivity index (χ2n) is 7.09. The van der Waals surface area contributed by atoms with Crippen LogP contribution < -0.4 is 5.32 Å². The molecule has 0 unspecified atom stereocenters. The number of piperazine rings is 1. The van der Waals surface area contributed by atoms with Crippen molar-refractivity contribution in [3.63, 3.8) is 0 Å². The second kappa shape index (κ2) is 10.6. The van der Waals surface area contributed by atoms with Crippen LogP contribution in [0, 0.1) is 0 Å². The van der Waals surface area contributed by atoms with Crippen LogP contribution in [0.3, 0.4) is 0 Å². The second-order valence-corrected chi connectivity index (χ2v) is 7.09. The third-order valence-electron chi connectivity index (χ3n) is 5.05. The van der Waals surface area contributed by atoms with Gasteiger partial charge in [-0.2, -0.15) is 0 Å². The third kappa shape index (κ3) is 6.06. The van der Waals surface area contributed by atoms with E-state index < -0.39 is 0 Å². The molecule has 0 aliphatic carbocycles. The topological polar surface area (TPSA) is 61.9 Å². The van der Waals surface area contributed by atoms with E-state index in [2.05, 4.69) is 34.5 Å². The van der Waals surface area contributed by atoms with Gasteiger partial charge in [0.25, 0.3) is 0 Å². The maximum atomic E-state index is 12.6. The Hall–Kier alpha value is -2.86. The lowest BCUT2D eigenvalue weighted by molar-refractivity contribution is -0.132. The van der Waals surface area contributed by atoms with Crippen LogP contribution in [-0.4, -0.2) is 61.0 Å². The third-order valence-corrected chi connectivity index (χ3v) is 5.05. The molecule has 1 aliphatic heterocycles. The molecule has 29 heavy (non-hydrogen) atoms. The highest BCUT2D eigenvalue weighted by Gasteiger charge is 2.21. The van der Waals surface area contributed by atoms with E-state index in [1.54, 1.807) is 19.1 Å². The van der Waals surface area contributed by atoms with E-state index in [1.807, 2.05) is 23.1 Å². The highest BCUT2D eigenvalue weighted by molar-refractivity contribution is 5.95. The van der Waals surface area contributed by atoms with E-state index in [0.717, 1.165) is 32.7 Å². The van der Waals surface area contributed by atoms with Crippen molar-refractivity contribution in [1.82, 2.24) is 9.80 Å². The van der Waals surface area contributed by atoms with Crippen molar-refractivity contribution < 1.29 is 14.3 Å². The zero-order valence-electron chi connectivity index (χ0n) is 17.0. The summed E-state index contributed by atoms with van der Waals surface area (Å²) in [5.74, 6) is -0.207. The van der Waals surface area contributed by atoms with Crippen molar-refractivity contribution in [3.05, 3.63) is 65.7 Å². The number of hydrogen-bond acceptors (Lipinski definition) is 5. The average Bonchev–Trinajstić information content (AvgIpc) is 2.75. The maximum absolute atomic E-state index is 12.6. The first-order valence-electron chi connectivity index (χ1n) is 10.2. The van der Waals surface area contributed by atoms with Gasteiger partial charge in [0.2, 0.25) is 5.91 Å². The average molecular weight is 396 g/mol. The molecule has 0 radical (unpaired) electrons. The number of anilines is 1. The monoisotopic (exact) mass is 395 g/mol. The number of carbonyl (C=O) groups excluding carboxylic acids is 2. The number of ether oxygens (including phenoxy) is 1. The predicted octanol–water partition coefficient (Wildman–Crippen LogP) is 3.01. The number of nitrogens with zero attached hydrogens (tertiary/aromatic N) is 2. The Morgan fingerprint density at radius 1 is 0.966 bits per heavy atom. The van der Waals surface area contributed by atoms with E-state index in [4.69, 9.17) is 4.74 Å². The van der Waals surface area contributed by atoms with Crippen LogP contribution in [0.4, 0.5) is 5.69 Å². The van der Waals surface area contributed by atoms with Crippen LogP contribution in [-0.2, 0) is 16.1 Å². The lowest BCUT2D eigenvalue weighted by atomic mass is 10.1. The molecular weight excluding hydrogens is 366 g/mol. The first-order valence-corrected chi connectivity index (χ1v) is 10.2. The van der Waals surface area contributed by atoms with Crippen LogP contribution in [0.15, 0.2) is 54.6 Å². The summed E-state index contributed by atoms with van der Waals surface area (Å²) in [5, 5.41) is 3.21. The molecule has 2 aromatic carbocycles. The van der Waals surface area contributed by atoms with Crippen molar-refractivity contribution in [2.24, 2.45) is 0 Å². The standard InChI is InChI=1S/C23H29N3O3/c1-2-29-23(28)20-10-6-7-11-21(20)24-13-12-22(27)26-16-14-25(15-17-26)18-19-8-4-3-5-9-19/h3-11,24H,2,12-18H2,1H3. The van der Waals surface area contributed by atoms with Gasteiger partial charge in [-0.25, -0.2) is 4.79 Å². The summed E-state index contributed by atoms with van der Waals surface area (Å²) in [7, 11) is 0. The van der Waals surface area contributed by atoms with Crippen molar-refractivity contribution in [3.8, 4) is 0 Å². The van der Waals surface area contributed by atoms with E-state index in [1.165, 1.54) is 5.56 Å². The van der Waals surface area contributed by atoms with E-state index >= 15 is 0 Å². The Morgan fingerprint density at radius 2 is 1.66 bits per heavy atom. The van der Waals surface area contributed by atoms with Gasteiger partial charge in [0.15, 0.2) is 0 Å². The Bertz CT molecular complexity index is 802. The summed E-state index contributed by atoms with van der Waals surface area (Å²) < 4.78 is 5.09. The van der Waals surface area contributed by atoms with Gasteiger partial charge >= 0.3 is 5.97 Å². The van der Waals surface area contributed by atoms with Crippen LogP contribution in [0.25, 0.3) is 0 Å². The molecule has 1 heterocycles. The fraction of sp³-hybridized carbons (Fsp3) is 0.391.